The Morgan fingerprint density at radius 1 is 1.30 bits per heavy atom. The first-order valence-electron chi connectivity index (χ1n) is 2.99. The molecule has 0 unspecified atom stereocenters. The third kappa shape index (κ3) is 2.60. The molecule has 0 saturated heterocycles. The van der Waals surface area contributed by atoms with Crippen molar-refractivity contribution in [2.45, 2.75) is 19.6 Å². The van der Waals surface area contributed by atoms with Crippen LogP contribution < -0.4 is 0 Å². The molecule has 0 N–H and O–H groups in total. The van der Waals surface area contributed by atoms with Crippen molar-refractivity contribution in [3.05, 3.63) is 11.3 Å². The molecule has 0 aliphatic carbocycles. The second-order valence-corrected chi connectivity index (χ2v) is 8.07. The van der Waals surface area contributed by atoms with Crippen molar-refractivity contribution in [2.24, 2.45) is 0 Å². The first-order chi connectivity index (χ1) is 4.52. The van der Waals surface area contributed by atoms with E-state index >= 15 is 0 Å². The minimum Gasteiger partial charge on any atom is -0.234 e. The summed E-state index contributed by atoms with van der Waals surface area (Å²) < 4.78 is 0. The lowest BCUT2D eigenvalue weighted by Gasteiger charge is -2.11. The van der Waals surface area contributed by atoms with E-state index in [9.17, 15) is 9.59 Å². The van der Waals surface area contributed by atoms with Crippen molar-refractivity contribution in [1.29, 1.82) is 0 Å². The zero-order valence-corrected chi connectivity index (χ0v) is 7.39. The first kappa shape index (κ1) is 9.12. The van der Waals surface area contributed by atoms with Gasteiger partial charge in [-0.2, -0.15) is 0 Å². The molecule has 0 bridgehead atoms. The Hall–Kier alpha value is -0.883. The van der Waals surface area contributed by atoms with Gasteiger partial charge in [0.25, 0.3) is 0 Å². The lowest BCUT2D eigenvalue weighted by atomic mass is 10.6. The van der Waals surface area contributed by atoms with E-state index in [1.807, 2.05) is 19.6 Å². The van der Waals surface area contributed by atoms with Crippen LogP contribution in [0, 0.1) is 0 Å². The number of hydrogen-bond donors (Lipinski definition) is 0. The molecule has 0 spiro atoms. The molecule has 0 heterocycles. The average Bonchev–Trinajstić information content (AvgIpc) is 1.80. The molecule has 0 saturated carbocycles. The molecule has 10 heavy (non-hydrogen) atoms. The topological polar surface area (TPSA) is 34.1 Å². The lowest BCUT2D eigenvalue weighted by Crippen LogP contribution is -2.23. The fourth-order valence-corrected chi connectivity index (χ4v) is 1.26. The zero-order chi connectivity index (χ0) is 8.20. The van der Waals surface area contributed by atoms with Gasteiger partial charge in [-0.05, 0) is 0 Å². The fraction of sp³-hybridized carbons (Fsp3) is 0.429. The number of rotatable bonds is 2. The largest absolute Gasteiger partial charge is 0.234 e. The predicted molar refractivity (Wildman–Crippen MR) is 42.8 cm³/mol. The SMILES string of the molecule is C[Si](C)(C)C(=C=O)C=C=O. The Balaban J connectivity index is 4.73. The molecular weight excluding hydrogens is 144 g/mol. The summed E-state index contributed by atoms with van der Waals surface area (Å²) in [7, 11) is -1.63. The molecular formula is C7H10O2Si. The summed E-state index contributed by atoms with van der Waals surface area (Å²) in [6.45, 7) is 5.92. The van der Waals surface area contributed by atoms with E-state index in [0.29, 0.717) is 5.20 Å². The molecule has 0 amide bonds. The van der Waals surface area contributed by atoms with E-state index in [1.165, 1.54) is 6.08 Å². The molecule has 54 valence electrons. The minimum atomic E-state index is -1.63. The van der Waals surface area contributed by atoms with Crippen LogP contribution >= 0.6 is 0 Å². The van der Waals surface area contributed by atoms with Gasteiger partial charge in [0.15, 0.2) is 0 Å². The van der Waals surface area contributed by atoms with Gasteiger partial charge in [-0.1, -0.05) is 19.6 Å². The molecule has 0 aromatic heterocycles. The highest BCUT2D eigenvalue weighted by Crippen LogP contribution is 2.10. The molecule has 0 aromatic rings. The smallest absolute Gasteiger partial charge is 0.125 e. The predicted octanol–water partition coefficient (Wildman–Crippen LogP) is 1.01. The van der Waals surface area contributed by atoms with Crippen LogP contribution in [0.5, 0.6) is 0 Å². The van der Waals surface area contributed by atoms with Gasteiger partial charge < -0.3 is 0 Å². The van der Waals surface area contributed by atoms with E-state index < -0.39 is 8.07 Å². The zero-order valence-electron chi connectivity index (χ0n) is 6.39. The van der Waals surface area contributed by atoms with Crippen LogP contribution in [0.25, 0.3) is 0 Å². The van der Waals surface area contributed by atoms with Crippen molar-refractivity contribution < 1.29 is 9.59 Å². The monoisotopic (exact) mass is 154 g/mol. The highest BCUT2D eigenvalue weighted by atomic mass is 28.3. The van der Waals surface area contributed by atoms with Crippen LogP contribution in [0.3, 0.4) is 0 Å². The standard InChI is InChI=1S/C7H10O2Si/c1-10(2,3)7(6-9)4-5-8/h4H,1-3H3. The number of hydrogen-bond acceptors (Lipinski definition) is 2. The second kappa shape index (κ2) is 3.33. The normalized spacial score (nSPS) is 9.50. The minimum absolute atomic E-state index is 0.488. The Kier molecular flexibility index (Phi) is 3.03. The van der Waals surface area contributed by atoms with Crippen LogP contribution in [-0.4, -0.2) is 20.0 Å². The molecule has 0 aromatic carbocycles. The molecule has 0 atom stereocenters. The number of carbonyl (C=O) groups excluding carboxylic acids is 2. The third-order valence-corrected chi connectivity index (χ3v) is 2.98. The van der Waals surface area contributed by atoms with Gasteiger partial charge in [0.2, 0.25) is 0 Å². The van der Waals surface area contributed by atoms with Crippen LogP contribution in [0.15, 0.2) is 11.3 Å². The summed E-state index contributed by atoms with van der Waals surface area (Å²) in [5, 5.41) is 0.488. The van der Waals surface area contributed by atoms with E-state index in [2.05, 4.69) is 0 Å². The summed E-state index contributed by atoms with van der Waals surface area (Å²) in [5.74, 6) is 3.34. The molecule has 0 aliphatic rings. The molecule has 2 nitrogen and oxygen atoms in total. The van der Waals surface area contributed by atoms with E-state index in [4.69, 9.17) is 0 Å². The van der Waals surface area contributed by atoms with Crippen LogP contribution in [0.2, 0.25) is 19.6 Å². The van der Waals surface area contributed by atoms with Gasteiger partial charge in [0, 0.05) is 11.3 Å². The second-order valence-electron chi connectivity index (χ2n) is 3.03. The van der Waals surface area contributed by atoms with Crippen molar-refractivity contribution in [1.82, 2.24) is 0 Å². The average molecular weight is 154 g/mol. The Morgan fingerprint density at radius 3 is 1.90 bits per heavy atom. The van der Waals surface area contributed by atoms with E-state index in [0.717, 1.165) is 0 Å². The maximum atomic E-state index is 10.2. The molecule has 0 aliphatic heterocycles. The third-order valence-electron chi connectivity index (χ3n) is 1.12. The fourth-order valence-electron chi connectivity index (χ4n) is 0.458. The van der Waals surface area contributed by atoms with Crippen molar-refractivity contribution in [3.63, 3.8) is 0 Å². The van der Waals surface area contributed by atoms with Gasteiger partial charge in [0.05, 0.1) is 8.07 Å². The molecule has 0 fully saturated rings. The lowest BCUT2D eigenvalue weighted by molar-refractivity contribution is 0.566. The van der Waals surface area contributed by atoms with E-state index in [-0.39, 0.29) is 0 Å². The van der Waals surface area contributed by atoms with Crippen LogP contribution in [0.1, 0.15) is 0 Å². The summed E-state index contributed by atoms with van der Waals surface area (Å²) in [6.07, 6.45) is 1.18. The van der Waals surface area contributed by atoms with Crippen LogP contribution in [0.4, 0.5) is 0 Å². The Labute approximate surface area is 61.3 Å². The number of allylic oxidation sites excluding steroid dienone is 2. The van der Waals surface area contributed by atoms with Gasteiger partial charge in [0.1, 0.15) is 11.9 Å². The highest BCUT2D eigenvalue weighted by Gasteiger charge is 2.18. The van der Waals surface area contributed by atoms with Crippen LogP contribution in [-0.2, 0) is 9.59 Å². The van der Waals surface area contributed by atoms with E-state index in [1.54, 1.807) is 11.9 Å². The Morgan fingerprint density at radius 2 is 1.80 bits per heavy atom. The first-order valence-corrected chi connectivity index (χ1v) is 6.49. The van der Waals surface area contributed by atoms with Gasteiger partial charge in [-0.3, -0.25) is 0 Å². The van der Waals surface area contributed by atoms with Gasteiger partial charge >= 0.3 is 0 Å². The van der Waals surface area contributed by atoms with Crippen molar-refractivity contribution in [3.8, 4) is 0 Å². The maximum Gasteiger partial charge on any atom is 0.125 e. The molecule has 0 radical (unpaired) electrons. The quantitative estimate of drug-likeness (QED) is 0.338. The van der Waals surface area contributed by atoms with Gasteiger partial charge in [-0.15, -0.1) is 0 Å². The highest BCUT2D eigenvalue weighted by molar-refractivity contribution is 6.85. The summed E-state index contributed by atoms with van der Waals surface area (Å²) in [6, 6.07) is 0. The van der Waals surface area contributed by atoms with Crippen molar-refractivity contribution in [2.75, 3.05) is 0 Å². The maximum absolute atomic E-state index is 10.2. The summed E-state index contributed by atoms with van der Waals surface area (Å²) in [4.78, 5) is 20.1. The molecule has 3 heteroatoms. The van der Waals surface area contributed by atoms with Crippen molar-refractivity contribution >= 4 is 20.0 Å². The Bertz CT molecular complexity index is 212. The summed E-state index contributed by atoms with van der Waals surface area (Å²) >= 11 is 0. The summed E-state index contributed by atoms with van der Waals surface area (Å²) in [5.41, 5.74) is 0. The molecule has 0 rings (SSSR count). The van der Waals surface area contributed by atoms with Gasteiger partial charge in [-0.25, -0.2) is 9.59 Å².